The van der Waals surface area contributed by atoms with Crippen molar-refractivity contribution in [3.63, 3.8) is 0 Å². The minimum absolute atomic E-state index is 0.00252. The molecular weight excluding hydrogens is 573 g/mol. The van der Waals surface area contributed by atoms with Crippen LogP contribution < -0.4 is 10.4 Å². The van der Waals surface area contributed by atoms with Gasteiger partial charge in [-0.05, 0) is 95.2 Å². The summed E-state index contributed by atoms with van der Waals surface area (Å²) in [6, 6.07) is 21.5. The largest absolute Gasteiger partial charge is 0.407 e. The minimum Gasteiger partial charge on any atom is -0.407 e. The Hall–Kier alpha value is -2.02. The van der Waals surface area contributed by atoms with Gasteiger partial charge in [0, 0.05) is 13.2 Å². The molecule has 5 atom stereocenters. The molecule has 45 heavy (non-hydrogen) atoms. The minimum atomic E-state index is -2.63. The van der Waals surface area contributed by atoms with Crippen molar-refractivity contribution in [1.29, 1.82) is 0 Å². The quantitative estimate of drug-likeness (QED) is 0.123. The Morgan fingerprint density at radius 2 is 1.56 bits per heavy atom. The number of ether oxygens (including phenoxy) is 2. The molecule has 1 fully saturated rings. The number of rotatable bonds is 15. The van der Waals surface area contributed by atoms with Crippen molar-refractivity contribution < 1.29 is 19.0 Å². The number of fused-ring (bicyclic) bond motifs is 1. The average molecular weight is 633 g/mol. The molecule has 248 valence electrons. The van der Waals surface area contributed by atoms with Crippen molar-refractivity contribution >= 4 is 18.7 Å². The van der Waals surface area contributed by atoms with Crippen molar-refractivity contribution in [2.75, 3.05) is 33.0 Å². The van der Waals surface area contributed by atoms with Crippen LogP contribution in [0.15, 0.2) is 84.0 Å². The lowest BCUT2D eigenvalue weighted by Crippen LogP contribution is -2.66. The summed E-state index contributed by atoms with van der Waals surface area (Å²) >= 11 is 0. The second-order valence-electron chi connectivity index (χ2n) is 15.2. The summed E-state index contributed by atoms with van der Waals surface area (Å²) in [5.74, 6) is 1.01. The number of aliphatic hydroxyl groups excluding tert-OH is 1. The molecule has 2 aliphatic carbocycles. The highest BCUT2D eigenvalue weighted by molar-refractivity contribution is 6.99. The van der Waals surface area contributed by atoms with Crippen LogP contribution in [0.5, 0.6) is 0 Å². The van der Waals surface area contributed by atoms with E-state index in [0.717, 1.165) is 25.0 Å². The second kappa shape index (κ2) is 14.8. The highest BCUT2D eigenvalue weighted by Gasteiger charge is 2.56. The maximum absolute atomic E-state index is 11.7. The van der Waals surface area contributed by atoms with Gasteiger partial charge in [0.25, 0.3) is 8.32 Å². The predicted octanol–water partition coefficient (Wildman–Crippen LogP) is 8.09. The normalized spacial score (nSPS) is 26.2. The predicted molar refractivity (Wildman–Crippen MR) is 191 cm³/mol. The zero-order valence-electron chi connectivity index (χ0n) is 29.5. The van der Waals surface area contributed by atoms with E-state index in [2.05, 4.69) is 116 Å². The lowest BCUT2D eigenvalue weighted by atomic mass is 9.50. The average Bonchev–Trinajstić information content (AvgIpc) is 3.28. The fourth-order valence-electron chi connectivity index (χ4n) is 8.59. The van der Waals surface area contributed by atoms with Crippen LogP contribution in [0.4, 0.5) is 0 Å². The number of allylic oxidation sites excluding steroid dienone is 1. The van der Waals surface area contributed by atoms with Gasteiger partial charge >= 0.3 is 0 Å². The van der Waals surface area contributed by atoms with E-state index in [9.17, 15) is 5.11 Å². The van der Waals surface area contributed by atoms with E-state index in [4.69, 9.17) is 13.9 Å². The third-order valence-corrected chi connectivity index (χ3v) is 16.8. The van der Waals surface area contributed by atoms with E-state index in [1.54, 1.807) is 0 Å². The maximum atomic E-state index is 11.7. The first-order chi connectivity index (χ1) is 21.3. The molecular formula is C40H60O4Si. The molecule has 0 aromatic heterocycles. The number of benzene rings is 2. The van der Waals surface area contributed by atoms with Gasteiger partial charge in [-0.25, -0.2) is 0 Å². The number of hydrogen-bond donors (Lipinski definition) is 1. The fraction of sp³-hybridized carbons (Fsp3) is 0.600. The first kappa shape index (κ1) is 35.8. The van der Waals surface area contributed by atoms with Gasteiger partial charge in [0.1, 0.15) is 0 Å². The lowest BCUT2D eigenvalue weighted by Gasteiger charge is -2.54. The third-order valence-electron chi connectivity index (χ3n) is 11.7. The topological polar surface area (TPSA) is 47.9 Å². The molecule has 4 nitrogen and oxygen atoms in total. The number of hydrogen-bond acceptors (Lipinski definition) is 4. The standard InChI is InChI=1S/C40H60O4Si/c1-10-42-25-26-43-29-33-27-37-39(8,32(33)4)23-21-31(3)40(37,9)28-36(41)30(2)22-24-44-45(38(5,6)7,34-17-13-11-14-18-34)35-19-15-12-16-20-35/h11-20,31,36-37,41H,2,10,21-29H2,1,3-9H3/t31-,36?,37+,39+,40+/m1/s1. The molecule has 1 N–H and O–H groups in total. The Bertz CT molecular complexity index is 1240. The maximum Gasteiger partial charge on any atom is 0.261 e. The van der Waals surface area contributed by atoms with Crippen LogP contribution in [0, 0.1) is 22.7 Å². The Labute approximate surface area is 275 Å². The Morgan fingerprint density at radius 1 is 0.978 bits per heavy atom. The van der Waals surface area contributed by atoms with E-state index in [1.807, 2.05) is 6.92 Å². The van der Waals surface area contributed by atoms with Gasteiger partial charge in [0.15, 0.2) is 0 Å². The summed E-state index contributed by atoms with van der Waals surface area (Å²) < 4.78 is 18.7. The molecule has 0 radical (unpaired) electrons. The highest BCUT2D eigenvalue weighted by Crippen LogP contribution is 2.64. The smallest absolute Gasteiger partial charge is 0.261 e. The van der Waals surface area contributed by atoms with Gasteiger partial charge in [-0.1, -0.05) is 114 Å². The summed E-state index contributed by atoms with van der Waals surface area (Å²) in [7, 11) is -2.63. The molecule has 0 bridgehead atoms. The van der Waals surface area contributed by atoms with E-state index in [0.29, 0.717) is 44.7 Å². The van der Waals surface area contributed by atoms with Crippen LogP contribution in [-0.2, 0) is 13.9 Å². The van der Waals surface area contributed by atoms with Gasteiger partial charge in [-0.3, -0.25) is 0 Å². The van der Waals surface area contributed by atoms with Crippen LogP contribution in [0.2, 0.25) is 5.04 Å². The summed E-state index contributed by atoms with van der Waals surface area (Å²) in [6.07, 6.45) is 4.25. The van der Waals surface area contributed by atoms with Gasteiger partial charge in [-0.2, -0.15) is 0 Å². The first-order valence-electron chi connectivity index (χ1n) is 17.3. The van der Waals surface area contributed by atoms with Crippen molar-refractivity contribution in [1.82, 2.24) is 0 Å². The molecule has 2 aliphatic rings. The Balaban J connectivity index is 1.46. The van der Waals surface area contributed by atoms with E-state index < -0.39 is 14.4 Å². The molecule has 0 amide bonds. The third kappa shape index (κ3) is 7.28. The summed E-state index contributed by atoms with van der Waals surface area (Å²) in [5, 5.41) is 14.2. The number of aliphatic hydroxyl groups is 1. The molecule has 2 aromatic carbocycles. The van der Waals surface area contributed by atoms with Crippen LogP contribution >= 0.6 is 0 Å². The van der Waals surface area contributed by atoms with E-state index in [1.165, 1.54) is 34.4 Å². The van der Waals surface area contributed by atoms with Crippen molar-refractivity contribution in [3.05, 3.63) is 84.0 Å². The van der Waals surface area contributed by atoms with Gasteiger partial charge in [-0.15, -0.1) is 0 Å². The van der Waals surface area contributed by atoms with E-state index in [-0.39, 0.29) is 15.9 Å². The second-order valence-corrected chi connectivity index (χ2v) is 19.5. The molecule has 0 heterocycles. The van der Waals surface area contributed by atoms with E-state index >= 15 is 0 Å². The fourth-order valence-corrected chi connectivity index (χ4v) is 13.2. The molecule has 0 aliphatic heterocycles. The van der Waals surface area contributed by atoms with Gasteiger partial charge < -0.3 is 19.0 Å². The summed E-state index contributed by atoms with van der Waals surface area (Å²) in [5.41, 5.74) is 3.99. The Morgan fingerprint density at radius 3 is 2.11 bits per heavy atom. The monoisotopic (exact) mass is 632 g/mol. The summed E-state index contributed by atoms with van der Waals surface area (Å²) in [6.45, 7) is 26.2. The zero-order valence-corrected chi connectivity index (χ0v) is 30.5. The molecule has 4 rings (SSSR count). The SMILES string of the molecule is C=C(CCO[Si](c1ccccc1)(c1ccccc1)C(C)(C)C)C(O)C[C@@]1(C)[C@H](C)CC[C@@]2(C)C(C)=C(COCCOCC)C[C@H]12. The first-order valence-corrected chi connectivity index (χ1v) is 19.2. The molecule has 0 saturated heterocycles. The highest BCUT2D eigenvalue weighted by atomic mass is 28.4. The Kier molecular flexibility index (Phi) is 11.8. The van der Waals surface area contributed by atoms with Crippen molar-refractivity contribution in [3.8, 4) is 0 Å². The molecule has 5 heteroatoms. The van der Waals surface area contributed by atoms with Crippen LogP contribution in [0.25, 0.3) is 0 Å². The molecule has 1 unspecified atom stereocenters. The van der Waals surface area contributed by atoms with Gasteiger partial charge in [0.05, 0.1) is 25.9 Å². The molecule has 2 aromatic rings. The zero-order chi connectivity index (χ0) is 32.9. The van der Waals surface area contributed by atoms with Crippen LogP contribution in [0.1, 0.15) is 87.5 Å². The molecule has 0 spiro atoms. The van der Waals surface area contributed by atoms with Gasteiger partial charge in [0.2, 0.25) is 0 Å². The lowest BCUT2D eigenvalue weighted by molar-refractivity contribution is -0.0487. The van der Waals surface area contributed by atoms with Crippen LogP contribution in [-0.4, -0.2) is 52.6 Å². The molecule has 1 saturated carbocycles. The summed E-state index contributed by atoms with van der Waals surface area (Å²) in [4.78, 5) is 0. The van der Waals surface area contributed by atoms with Crippen molar-refractivity contribution in [2.45, 2.75) is 98.6 Å². The van der Waals surface area contributed by atoms with Crippen molar-refractivity contribution in [2.24, 2.45) is 22.7 Å². The van der Waals surface area contributed by atoms with Crippen LogP contribution in [0.3, 0.4) is 0 Å².